The van der Waals surface area contributed by atoms with Gasteiger partial charge in [-0.25, -0.2) is 4.39 Å². The van der Waals surface area contributed by atoms with E-state index in [0.29, 0.717) is 31.7 Å². The molecular weight excluding hydrogens is 233 g/mol. The molecule has 1 fully saturated rings. The monoisotopic (exact) mass is 251 g/mol. The van der Waals surface area contributed by atoms with Crippen molar-refractivity contribution in [3.05, 3.63) is 30.1 Å². The molecule has 0 aliphatic carbocycles. The lowest BCUT2D eigenvalue weighted by Gasteiger charge is -2.40. The van der Waals surface area contributed by atoms with Gasteiger partial charge in [0.25, 0.3) is 0 Å². The van der Waals surface area contributed by atoms with Crippen LogP contribution in [0.25, 0.3) is 0 Å². The van der Waals surface area contributed by atoms with Crippen LogP contribution in [0.1, 0.15) is 6.42 Å². The van der Waals surface area contributed by atoms with E-state index in [1.165, 1.54) is 6.07 Å². The molecule has 4 nitrogen and oxygen atoms in total. The van der Waals surface area contributed by atoms with Crippen molar-refractivity contribution >= 4 is 11.6 Å². The number of hydrogen-bond donors (Lipinski definition) is 1. The summed E-state index contributed by atoms with van der Waals surface area (Å²) in [5.41, 5.74) is 6.04. The third kappa shape index (κ3) is 2.31. The number of para-hydroxylation sites is 1. The highest BCUT2D eigenvalue weighted by atomic mass is 19.1. The number of piperazine rings is 1. The average molecular weight is 251 g/mol. The molecule has 0 aromatic heterocycles. The van der Waals surface area contributed by atoms with Gasteiger partial charge in [-0.2, -0.15) is 0 Å². The minimum absolute atomic E-state index is 0.00922. The second-order valence-electron chi connectivity index (χ2n) is 4.50. The highest BCUT2D eigenvalue weighted by molar-refractivity contribution is 5.86. The topological polar surface area (TPSA) is 49.6 Å². The van der Waals surface area contributed by atoms with Gasteiger partial charge < -0.3 is 15.5 Å². The van der Waals surface area contributed by atoms with E-state index >= 15 is 0 Å². The number of nitrogens with zero attached hydrogens (tertiary/aromatic N) is 2. The summed E-state index contributed by atoms with van der Waals surface area (Å²) in [6.07, 6.45) is 0.539. The van der Waals surface area contributed by atoms with Crippen molar-refractivity contribution in [2.24, 2.45) is 5.73 Å². The molecule has 2 rings (SSSR count). The zero-order valence-corrected chi connectivity index (χ0v) is 10.5. The van der Waals surface area contributed by atoms with Crippen molar-refractivity contribution in [2.75, 3.05) is 31.6 Å². The highest BCUT2D eigenvalue weighted by Gasteiger charge is 2.33. The van der Waals surface area contributed by atoms with Crippen molar-refractivity contribution in [2.45, 2.75) is 12.5 Å². The summed E-state index contributed by atoms with van der Waals surface area (Å²) < 4.78 is 13.8. The van der Waals surface area contributed by atoms with E-state index in [0.717, 1.165) is 0 Å². The molecule has 0 spiro atoms. The molecule has 98 valence electrons. The number of nitrogens with two attached hydrogens (primary N) is 1. The fourth-order valence-electron chi connectivity index (χ4n) is 2.32. The predicted octanol–water partition coefficient (Wildman–Crippen LogP) is 0.821. The number of rotatable bonds is 3. The van der Waals surface area contributed by atoms with E-state index in [2.05, 4.69) is 0 Å². The molecule has 0 radical (unpaired) electrons. The second-order valence-corrected chi connectivity index (χ2v) is 4.50. The quantitative estimate of drug-likeness (QED) is 0.865. The first kappa shape index (κ1) is 12.8. The largest absolute Gasteiger partial charge is 0.355 e. The van der Waals surface area contributed by atoms with Gasteiger partial charge in [0.1, 0.15) is 11.9 Å². The molecule has 0 saturated carbocycles. The van der Waals surface area contributed by atoms with E-state index in [1.54, 1.807) is 30.1 Å². The standard InChI is InChI=1S/C13H18FN3O/c1-16-8-9-17(12(6-7-15)13(16)18)11-5-3-2-4-10(11)14/h2-5,12H,6-9,15H2,1H3. The summed E-state index contributed by atoms with van der Waals surface area (Å²) >= 11 is 0. The maximum absolute atomic E-state index is 13.8. The molecule has 1 saturated heterocycles. The number of carbonyl (C=O) groups is 1. The van der Waals surface area contributed by atoms with Crippen molar-refractivity contribution in [3.8, 4) is 0 Å². The fraction of sp³-hybridized carbons (Fsp3) is 0.462. The Balaban J connectivity index is 2.30. The zero-order valence-electron chi connectivity index (χ0n) is 10.5. The SMILES string of the molecule is CN1CCN(c2ccccc2F)C(CCN)C1=O. The first-order valence-corrected chi connectivity index (χ1v) is 6.11. The number of benzene rings is 1. The first-order valence-electron chi connectivity index (χ1n) is 6.11. The lowest BCUT2D eigenvalue weighted by atomic mass is 10.1. The van der Waals surface area contributed by atoms with E-state index < -0.39 is 0 Å². The molecular formula is C13H18FN3O. The van der Waals surface area contributed by atoms with Crippen molar-refractivity contribution in [1.82, 2.24) is 4.90 Å². The molecule has 1 unspecified atom stereocenters. The van der Waals surface area contributed by atoms with Crippen LogP contribution < -0.4 is 10.6 Å². The van der Waals surface area contributed by atoms with Crippen molar-refractivity contribution in [1.29, 1.82) is 0 Å². The maximum atomic E-state index is 13.8. The average Bonchev–Trinajstić information content (AvgIpc) is 2.37. The molecule has 5 heteroatoms. The van der Waals surface area contributed by atoms with Crippen LogP contribution >= 0.6 is 0 Å². The van der Waals surface area contributed by atoms with E-state index in [1.807, 2.05) is 4.90 Å². The normalized spacial score (nSPS) is 20.4. The van der Waals surface area contributed by atoms with Gasteiger partial charge in [-0.1, -0.05) is 12.1 Å². The van der Waals surface area contributed by atoms with Gasteiger partial charge in [0.2, 0.25) is 5.91 Å². The summed E-state index contributed by atoms with van der Waals surface area (Å²) in [5, 5.41) is 0. The highest BCUT2D eigenvalue weighted by Crippen LogP contribution is 2.25. The lowest BCUT2D eigenvalue weighted by molar-refractivity contribution is -0.133. The second kappa shape index (κ2) is 5.35. The smallest absolute Gasteiger partial charge is 0.245 e. The molecule has 1 amide bonds. The van der Waals surface area contributed by atoms with E-state index in [4.69, 9.17) is 5.73 Å². The van der Waals surface area contributed by atoms with Crippen molar-refractivity contribution < 1.29 is 9.18 Å². The Kier molecular flexibility index (Phi) is 3.81. The minimum Gasteiger partial charge on any atom is -0.355 e. The number of anilines is 1. The molecule has 1 aromatic rings. The lowest BCUT2D eigenvalue weighted by Crippen LogP contribution is -2.56. The Morgan fingerprint density at radius 1 is 1.39 bits per heavy atom. The number of halogens is 1. The van der Waals surface area contributed by atoms with Crippen LogP contribution in [-0.4, -0.2) is 43.5 Å². The van der Waals surface area contributed by atoms with Crippen LogP contribution in [0.4, 0.5) is 10.1 Å². The third-order valence-corrected chi connectivity index (χ3v) is 3.32. The molecule has 1 atom stereocenters. The minimum atomic E-state index is -0.356. The molecule has 0 bridgehead atoms. The van der Waals surface area contributed by atoms with Crippen LogP contribution in [0.3, 0.4) is 0 Å². The van der Waals surface area contributed by atoms with Crippen LogP contribution in [-0.2, 0) is 4.79 Å². The Bertz CT molecular complexity index is 438. The van der Waals surface area contributed by atoms with Crippen LogP contribution in [0.5, 0.6) is 0 Å². The Hall–Kier alpha value is -1.62. The summed E-state index contributed by atoms with van der Waals surface area (Å²) in [7, 11) is 1.77. The molecule has 1 aliphatic heterocycles. The Morgan fingerprint density at radius 3 is 2.78 bits per heavy atom. The summed E-state index contributed by atoms with van der Waals surface area (Å²) in [6, 6.07) is 6.19. The van der Waals surface area contributed by atoms with Crippen LogP contribution in [0.15, 0.2) is 24.3 Å². The number of likely N-dealkylation sites (N-methyl/N-ethyl adjacent to an activating group) is 1. The molecule has 18 heavy (non-hydrogen) atoms. The molecule has 1 aliphatic rings. The van der Waals surface area contributed by atoms with Gasteiger partial charge in [0, 0.05) is 20.1 Å². The van der Waals surface area contributed by atoms with Crippen LogP contribution in [0.2, 0.25) is 0 Å². The van der Waals surface area contributed by atoms with Gasteiger partial charge >= 0.3 is 0 Å². The number of hydrogen-bond acceptors (Lipinski definition) is 3. The number of amides is 1. The first-order chi connectivity index (χ1) is 8.65. The zero-order chi connectivity index (χ0) is 13.1. The van der Waals surface area contributed by atoms with Gasteiger partial charge in [0.15, 0.2) is 0 Å². The van der Waals surface area contributed by atoms with Gasteiger partial charge in [-0.05, 0) is 25.1 Å². The van der Waals surface area contributed by atoms with Crippen LogP contribution in [0, 0.1) is 5.82 Å². The number of carbonyl (C=O) groups excluding carboxylic acids is 1. The summed E-state index contributed by atoms with van der Waals surface area (Å²) in [4.78, 5) is 15.6. The van der Waals surface area contributed by atoms with Gasteiger partial charge in [-0.3, -0.25) is 4.79 Å². The summed E-state index contributed by atoms with van der Waals surface area (Å²) in [5.74, 6) is -0.285. The molecule has 1 heterocycles. The summed E-state index contributed by atoms with van der Waals surface area (Å²) in [6.45, 7) is 1.65. The predicted molar refractivity (Wildman–Crippen MR) is 68.8 cm³/mol. The molecule has 2 N–H and O–H groups in total. The van der Waals surface area contributed by atoms with Gasteiger partial charge in [-0.15, -0.1) is 0 Å². The third-order valence-electron chi connectivity index (χ3n) is 3.32. The molecule has 1 aromatic carbocycles. The van der Waals surface area contributed by atoms with E-state index in [9.17, 15) is 9.18 Å². The Labute approximate surface area is 106 Å². The Morgan fingerprint density at radius 2 is 2.11 bits per heavy atom. The van der Waals surface area contributed by atoms with Crippen molar-refractivity contribution in [3.63, 3.8) is 0 Å². The maximum Gasteiger partial charge on any atom is 0.245 e. The van der Waals surface area contributed by atoms with Gasteiger partial charge in [0.05, 0.1) is 5.69 Å². The fourth-order valence-corrected chi connectivity index (χ4v) is 2.32. The van der Waals surface area contributed by atoms with E-state index in [-0.39, 0.29) is 17.8 Å².